The van der Waals surface area contributed by atoms with E-state index in [9.17, 15) is 14.7 Å². The molecule has 2 aromatic heterocycles. The van der Waals surface area contributed by atoms with Gasteiger partial charge in [-0.25, -0.2) is 9.97 Å². The van der Waals surface area contributed by atoms with Crippen LogP contribution in [-0.2, 0) is 6.42 Å². The summed E-state index contributed by atoms with van der Waals surface area (Å²) in [7, 11) is 0. The molecule has 4 aromatic rings. The summed E-state index contributed by atoms with van der Waals surface area (Å²) in [6.07, 6.45) is 8.43. The van der Waals surface area contributed by atoms with Gasteiger partial charge in [-0.1, -0.05) is 30.3 Å². The average molecular weight is 585 g/mol. The van der Waals surface area contributed by atoms with Crippen LogP contribution in [0.25, 0.3) is 5.69 Å². The summed E-state index contributed by atoms with van der Waals surface area (Å²) in [6.45, 7) is 3.45. The molecule has 2 aliphatic rings. The zero-order valence-corrected chi connectivity index (χ0v) is 24.5. The highest BCUT2D eigenvalue weighted by molar-refractivity contribution is 7.09. The molecule has 2 amide bonds. The third-order valence-corrected chi connectivity index (χ3v) is 9.27. The molecule has 2 fully saturated rings. The van der Waals surface area contributed by atoms with Crippen molar-refractivity contribution in [2.45, 2.75) is 63.3 Å². The molecule has 0 saturated carbocycles. The lowest BCUT2D eigenvalue weighted by Crippen LogP contribution is -2.52. The van der Waals surface area contributed by atoms with Gasteiger partial charge < -0.3 is 25.2 Å². The first-order valence-corrected chi connectivity index (χ1v) is 15.5. The number of nitrogens with zero attached hydrogens (tertiary/aromatic N) is 4. The van der Waals surface area contributed by atoms with Crippen molar-refractivity contribution < 1.29 is 14.7 Å². The number of nitrogens with one attached hydrogen (secondary N) is 2. The standard InChI is InChI=1S/C32H36N6O3S/c1-21-19-42-31(35-21)28-10-6-13-38(28)32(41)24-16-23(17-25(18-24)37-14-12-33-20-37)30(40)36-27(15-22-7-3-2-4-8-22)29(39)26-9-5-11-34-26/h2-4,7-8,12,14,16-20,26-29,34,39H,5-6,9-11,13,15H2,1H3,(H,36,40). The lowest BCUT2D eigenvalue weighted by atomic mass is 9.95. The Bertz CT molecular complexity index is 1520. The number of rotatable bonds is 9. The van der Waals surface area contributed by atoms with Crippen LogP contribution in [0.5, 0.6) is 0 Å². The second-order valence-electron chi connectivity index (χ2n) is 11.2. The number of imidazole rings is 1. The number of hydrogen-bond acceptors (Lipinski definition) is 7. The summed E-state index contributed by atoms with van der Waals surface area (Å²) in [4.78, 5) is 38.5. The van der Waals surface area contributed by atoms with E-state index in [-0.39, 0.29) is 23.9 Å². The minimum absolute atomic E-state index is 0.0744. The number of carbonyl (C=O) groups is 2. The highest BCUT2D eigenvalue weighted by Crippen LogP contribution is 2.35. The predicted octanol–water partition coefficient (Wildman–Crippen LogP) is 4.07. The van der Waals surface area contributed by atoms with Crippen molar-refractivity contribution in [3.8, 4) is 5.69 Å². The fourth-order valence-corrected chi connectivity index (χ4v) is 6.99. The molecule has 0 spiro atoms. The summed E-state index contributed by atoms with van der Waals surface area (Å²) in [5, 5.41) is 20.8. The smallest absolute Gasteiger partial charge is 0.254 e. The highest BCUT2D eigenvalue weighted by Gasteiger charge is 2.34. The zero-order valence-electron chi connectivity index (χ0n) is 23.6. The number of aliphatic hydroxyl groups excluding tert-OH is 1. The van der Waals surface area contributed by atoms with Crippen molar-refractivity contribution in [3.05, 3.63) is 100 Å². The van der Waals surface area contributed by atoms with Crippen LogP contribution >= 0.6 is 11.3 Å². The van der Waals surface area contributed by atoms with E-state index in [2.05, 4.69) is 20.6 Å². The van der Waals surface area contributed by atoms with Crippen molar-refractivity contribution >= 4 is 23.2 Å². The normalized spacial score (nSPS) is 20.0. The van der Waals surface area contributed by atoms with Gasteiger partial charge in [-0.2, -0.15) is 0 Å². The Labute approximate surface area is 249 Å². The Morgan fingerprint density at radius 2 is 1.98 bits per heavy atom. The predicted molar refractivity (Wildman–Crippen MR) is 162 cm³/mol. The van der Waals surface area contributed by atoms with Gasteiger partial charge in [0.05, 0.1) is 24.5 Å². The van der Waals surface area contributed by atoms with E-state index in [4.69, 9.17) is 0 Å². The van der Waals surface area contributed by atoms with Crippen LogP contribution in [0, 0.1) is 6.92 Å². The minimum atomic E-state index is -0.762. The summed E-state index contributed by atoms with van der Waals surface area (Å²) < 4.78 is 1.79. The number of aromatic nitrogens is 3. The molecule has 2 aliphatic heterocycles. The van der Waals surface area contributed by atoms with Crippen molar-refractivity contribution in [1.82, 2.24) is 30.1 Å². The van der Waals surface area contributed by atoms with Gasteiger partial charge in [-0.3, -0.25) is 9.59 Å². The van der Waals surface area contributed by atoms with Crippen LogP contribution in [-0.4, -0.2) is 67.6 Å². The van der Waals surface area contributed by atoms with Gasteiger partial charge in [-0.15, -0.1) is 11.3 Å². The first kappa shape index (κ1) is 28.3. The molecule has 4 heterocycles. The molecule has 42 heavy (non-hydrogen) atoms. The van der Waals surface area contributed by atoms with Crippen molar-refractivity contribution in [2.24, 2.45) is 0 Å². The minimum Gasteiger partial charge on any atom is -0.389 e. The van der Waals surface area contributed by atoms with E-state index in [0.29, 0.717) is 29.8 Å². The first-order valence-electron chi connectivity index (χ1n) is 14.6. The van der Waals surface area contributed by atoms with Gasteiger partial charge >= 0.3 is 0 Å². The highest BCUT2D eigenvalue weighted by atomic mass is 32.1. The Morgan fingerprint density at radius 1 is 1.14 bits per heavy atom. The third-order valence-electron chi connectivity index (χ3n) is 8.20. The Kier molecular flexibility index (Phi) is 8.46. The fourth-order valence-electron chi connectivity index (χ4n) is 6.04. The van der Waals surface area contributed by atoms with Gasteiger partial charge in [0.15, 0.2) is 0 Å². The van der Waals surface area contributed by atoms with E-state index >= 15 is 0 Å². The first-order chi connectivity index (χ1) is 20.5. The van der Waals surface area contributed by atoms with Crippen molar-refractivity contribution in [3.63, 3.8) is 0 Å². The molecule has 4 unspecified atom stereocenters. The second kappa shape index (κ2) is 12.6. The van der Waals surface area contributed by atoms with E-state index in [1.165, 1.54) is 0 Å². The monoisotopic (exact) mass is 584 g/mol. The molecule has 4 atom stereocenters. The molecule has 10 heteroatoms. The zero-order chi connectivity index (χ0) is 29.1. The number of likely N-dealkylation sites (tertiary alicyclic amines) is 1. The van der Waals surface area contributed by atoms with E-state index in [1.807, 2.05) is 53.6 Å². The van der Waals surface area contributed by atoms with Gasteiger partial charge in [0.2, 0.25) is 0 Å². The molecule has 9 nitrogen and oxygen atoms in total. The maximum absolute atomic E-state index is 14.0. The molecule has 0 aliphatic carbocycles. The molecule has 3 N–H and O–H groups in total. The maximum Gasteiger partial charge on any atom is 0.254 e. The number of carbonyl (C=O) groups excluding carboxylic acids is 2. The third kappa shape index (κ3) is 6.16. The number of benzene rings is 2. The Hall–Kier alpha value is -3.86. The van der Waals surface area contributed by atoms with Crippen LogP contribution in [0.1, 0.15) is 68.7 Å². The summed E-state index contributed by atoms with van der Waals surface area (Å²) in [5.41, 5.74) is 3.44. The van der Waals surface area contributed by atoms with Gasteiger partial charge in [0, 0.05) is 52.9 Å². The van der Waals surface area contributed by atoms with Crippen LogP contribution in [0.3, 0.4) is 0 Å². The number of thiazole rings is 1. The molecule has 2 saturated heterocycles. The van der Waals surface area contributed by atoms with Crippen LogP contribution < -0.4 is 10.6 Å². The molecule has 218 valence electrons. The van der Waals surface area contributed by atoms with Gasteiger partial charge in [0.25, 0.3) is 11.8 Å². The second-order valence-corrected chi connectivity index (χ2v) is 12.1. The maximum atomic E-state index is 14.0. The number of hydrogen-bond donors (Lipinski definition) is 3. The molecular weight excluding hydrogens is 548 g/mol. The SMILES string of the molecule is Cc1csc(C2CCCN2C(=O)c2cc(C(=O)NC(Cc3ccccc3)C(O)C3CCCN3)cc(-n3ccnc3)c2)n1. The fraction of sp³-hybridized carbons (Fsp3) is 0.375. The summed E-state index contributed by atoms with van der Waals surface area (Å²) in [6, 6.07) is 14.4. The largest absolute Gasteiger partial charge is 0.389 e. The van der Waals surface area contributed by atoms with E-state index in [0.717, 1.165) is 48.5 Å². The van der Waals surface area contributed by atoms with Crippen LogP contribution in [0.2, 0.25) is 0 Å². The van der Waals surface area contributed by atoms with Crippen LogP contribution in [0.4, 0.5) is 0 Å². The van der Waals surface area contributed by atoms with Crippen LogP contribution in [0.15, 0.2) is 72.6 Å². The topological polar surface area (TPSA) is 112 Å². The van der Waals surface area contributed by atoms with Gasteiger partial charge in [-0.05, 0) is 69.3 Å². The molecule has 0 radical (unpaired) electrons. The van der Waals surface area contributed by atoms with E-state index < -0.39 is 12.1 Å². The summed E-state index contributed by atoms with van der Waals surface area (Å²) in [5.74, 6) is -0.463. The number of aliphatic hydroxyl groups is 1. The number of aryl methyl sites for hydroxylation is 1. The molecule has 0 bridgehead atoms. The molecular formula is C32H36N6O3S. The lowest BCUT2D eigenvalue weighted by Gasteiger charge is -2.29. The lowest BCUT2D eigenvalue weighted by molar-refractivity contribution is 0.0733. The summed E-state index contributed by atoms with van der Waals surface area (Å²) >= 11 is 1.58. The van der Waals surface area contributed by atoms with Crippen molar-refractivity contribution in [1.29, 1.82) is 0 Å². The van der Waals surface area contributed by atoms with Gasteiger partial charge in [0.1, 0.15) is 5.01 Å². The molecule has 6 rings (SSSR count). The molecule has 2 aromatic carbocycles. The average Bonchev–Trinajstić information content (AvgIpc) is 3.84. The van der Waals surface area contributed by atoms with E-state index in [1.54, 1.807) is 46.8 Å². The Balaban J connectivity index is 1.30. The Morgan fingerprint density at radius 3 is 2.69 bits per heavy atom. The van der Waals surface area contributed by atoms with Crippen molar-refractivity contribution in [2.75, 3.05) is 13.1 Å². The number of amides is 2. The quantitative estimate of drug-likeness (QED) is 0.274.